The molecule has 0 fully saturated rings. The molecule has 1 N–H and O–H groups in total. The van der Waals surface area contributed by atoms with Gasteiger partial charge in [0.25, 0.3) is 0 Å². The van der Waals surface area contributed by atoms with Gasteiger partial charge in [0, 0.05) is 17.1 Å². The van der Waals surface area contributed by atoms with Crippen molar-refractivity contribution in [2.45, 2.75) is 13.8 Å². The zero-order valence-electron chi connectivity index (χ0n) is 18.8. The Morgan fingerprint density at radius 1 is 1.00 bits per heavy atom. The zero-order chi connectivity index (χ0) is 23.5. The zero-order valence-corrected chi connectivity index (χ0v) is 18.8. The minimum Gasteiger partial charge on any atom is -0.462 e. The fraction of sp³-hybridized carbons (Fsp3) is 0.115. The van der Waals surface area contributed by atoms with Gasteiger partial charge in [0.15, 0.2) is 11.5 Å². The number of hydrogen-bond donors (Lipinski definition) is 1. The Hall–Kier alpha value is -4.59. The van der Waals surface area contributed by atoms with Crippen molar-refractivity contribution in [1.82, 2.24) is 24.7 Å². The normalized spacial score (nSPS) is 10.9. The van der Waals surface area contributed by atoms with Crippen molar-refractivity contribution in [3.8, 4) is 17.1 Å². The summed E-state index contributed by atoms with van der Waals surface area (Å²) in [5, 5.41) is 8.79. The fourth-order valence-electron chi connectivity index (χ4n) is 3.66. The molecule has 0 amide bonds. The van der Waals surface area contributed by atoms with Gasteiger partial charge in [-0.25, -0.2) is 24.4 Å². The van der Waals surface area contributed by atoms with Gasteiger partial charge in [-0.2, -0.15) is 5.10 Å². The first-order valence-corrected chi connectivity index (χ1v) is 10.9. The molecule has 0 unspecified atom stereocenters. The fourth-order valence-corrected chi connectivity index (χ4v) is 3.66. The predicted octanol–water partition coefficient (Wildman–Crippen LogP) is 5.11. The van der Waals surface area contributed by atoms with E-state index in [1.807, 2.05) is 78.3 Å². The van der Waals surface area contributed by atoms with Gasteiger partial charge < -0.3 is 10.1 Å². The third kappa shape index (κ3) is 4.09. The van der Waals surface area contributed by atoms with Gasteiger partial charge in [-0.15, -0.1) is 0 Å². The summed E-state index contributed by atoms with van der Waals surface area (Å²) in [4.78, 5) is 26.2. The van der Waals surface area contributed by atoms with Crippen molar-refractivity contribution in [3.05, 3.63) is 90.4 Å². The molecule has 0 aliphatic carbocycles. The lowest BCUT2D eigenvalue weighted by molar-refractivity contribution is 0.0526. The van der Waals surface area contributed by atoms with Gasteiger partial charge in [0.05, 0.1) is 29.9 Å². The number of nitrogens with zero attached hydrogens (tertiary/aromatic N) is 5. The number of para-hydroxylation sites is 1. The largest absolute Gasteiger partial charge is 0.462 e. The average molecular weight is 451 g/mol. The maximum absolute atomic E-state index is 12.6. The molecular formula is C26H22N6O2. The van der Waals surface area contributed by atoms with Crippen LogP contribution in [0.5, 0.6) is 0 Å². The highest BCUT2D eigenvalue weighted by atomic mass is 16.5. The van der Waals surface area contributed by atoms with Crippen LogP contribution in [-0.4, -0.2) is 37.3 Å². The van der Waals surface area contributed by atoms with Crippen molar-refractivity contribution in [1.29, 1.82) is 0 Å². The number of anilines is 2. The molecule has 0 radical (unpaired) electrons. The summed E-state index contributed by atoms with van der Waals surface area (Å²) in [5.41, 5.74) is 4.28. The minimum absolute atomic E-state index is 0.248. The second kappa shape index (κ2) is 9.11. The number of hydrogen-bond acceptors (Lipinski definition) is 7. The molecule has 0 spiro atoms. The van der Waals surface area contributed by atoms with Crippen LogP contribution in [0.3, 0.4) is 0 Å². The smallest absolute Gasteiger partial charge is 0.343 e. The van der Waals surface area contributed by atoms with E-state index in [-0.39, 0.29) is 12.2 Å². The summed E-state index contributed by atoms with van der Waals surface area (Å²) in [6, 6.07) is 21.4. The van der Waals surface area contributed by atoms with E-state index in [2.05, 4.69) is 25.4 Å². The molecule has 0 atom stereocenters. The SMILES string of the molecule is CCOC(=O)c1cnc(-c2ccccc2)nc1Nc1cnc2c(c1)c(C)nn2-c1ccccc1. The Morgan fingerprint density at radius 3 is 2.47 bits per heavy atom. The minimum atomic E-state index is -0.494. The Labute approximate surface area is 196 Å². The molecule has 2 aromatic carbocycles. The third-order valence-corrected chi connectivity index (χ3v) is 5.29. The van der Waals surface area contributed by atoms with Crippen molar-refractivity contribution < 1.29 is 9.53 Å². The van der Waals surface area contributed by atoms with E-state index < -0.39 is 5.97 Å². The Morgan fingerprint density at radius 2 is 1.74 bits per heavy atom. The highest BCUT2D eigenvalue weighted by Gasteiger charge is 2.18. The number of aromatic nitrogens is 5. The molecule has 0 saturated carbocycles. The van der Waals surface area contributed by atoms with Gasteiger partial charge in [-0.1, -0.05) is 48.5 Å². The molecule has 5 aromatic rings. The number of carbonyl (C=O) groups excluding carboxylic acids is 1. The summed E-state index contributed by atoms with van der Waals surface area (Å²) in [6.07, 6.45) is 3.18. The van der Waals surface area contributed by atoms with Crippen LogP contribution < -0.4 is 5.32 Å². The van der Waals surface area contributed by atoms with E-state index in [0.29, 0.717) is 17.3 Å². The lowest BCUT2D eigenvalue weighted by Crippen LogP contribution is -2.11. The maximum atomic E-state index is 12.6. The van der Waals surface area contributed by atoms with Crippen LogP contribution in [0.1, 0.15) is 23.0 Å². The Balaban J connectivity index is 1.55. The quantitative estimate of drug-likeness (QED) is 0.359. The summed E-state index contributed by atoms with van der Waals surface area (Å²) >= 11 is 0. The molecule has 0 aliphatic rings. The van der Waals surface area contributed by atoms with Crippen molar-refractivity contribution in [2.24, 2.45) is 0 Å². The first-order valence-electron chi connectivity index (χ1n) is 10.9. The second-order valence-electron chi connectivity index (χ2n) is 7.60. The standard InChI is InChI=1S/C26H22N6O2/c1-3-34-26(33)22-16-27-23(18-10-6-4-7-11-18)30-24(22)29-19-14-21-17(2)31-32(25(21)28-15-19)20-12-8-5-9-13-20/h4-16H,3H2,1-2H3,(H,27,29,30). The number of fused-ring (bicyclic) bond motifs is 1. The molecule has 0 aliphatic heterocycles. The molecule has 0 saturated heterocycles. The van der Waals surface area contributed by atoms with Gasteiger partial charge in [-0.3, -0.25) is 0 Å². The lowest BCUT2D eigenvalue weighted by Gasteiger charge is -2.12. The number of rotatable bonds is 6. The topological polar surface area (TPSA) is 94.8 Å². The number of aryl methyl sites for hydroxylation is 1. The molecule has 5 rings (SSSR count). The van der Waals surface area contributed by atoms with Crippen LogP contribution in [0.4, 0.5) is 11.5 Å². The van der Waals surface area contributed by atoms with E-state index in [1.165, 1.54) is 6.20 Å². The van der Waals surface area contributed by atoms with Crippen molar-refractivity contribution in [2.75, 3.05) is 11.9 Å². The molecular weight excluding hydrogens is 428 g/mol. The van der Waals surface area contributed by atoms with Gasteiger partial charge in [0.1, 0.15) is 11.4 Å². The number of pyridine rings is 1. The van der Waals surface area contributed by atoms with E-state index in [0.717, 1.165) is 28.0 Å². The highest BCUT2D eigenvalue weighted by molar-refractivity contribution is 5.96. The van der Waals surface area contributed by atoms with Crippen molar-refractivity contribution >= 4 is 28.5 Å². The van der Waals surface area contributed by atoms with E-state index in [1.54, 1.807) is 13.1 Å². The van der Waals surface area contributed by atoms with Crippen LogP contribution in [-0.2, 0) is 4.74 Å². The Bertz CT molecular complexity index is 1470. The molecule has 168 valence electrons. The maximum Gasteiger partial charge on any atom is 0.343 e. The van der Waals surface area contributed by atoms with Crippen LogP contribution in [0.2, 0.25) is 0 Å². The van der Waals surface area contributed by atoms with Crippen LogP contribution >= 0.6 is 0 Å². The van der Waals surface area contributed by atoms with E-state index in [4.69, 9.17) is 4.74 Å². The lowest BCUT2D eigenvalue weighted by atomic mass is 10.2. The molecule has 3 heterocycles. The summed E-state index contributed by atoms with van der Waals surface area (Å²) in [6.45, 7) is 3.95. The van der Waals surface area contributed by atoms with Crippen LogP contribution in [0, 0.1) is 6.92 Å². The number of carbonyl (C=O) groups is 1. The molecule has 8 nitrogen and oxygen atoms in total. The number of ether oxygens (including phenoxy) is 1. The average Bonchev–Trinajstić information content (AvgIpc) is 3.21. The summed E-state index contributed by atoms with van der Waals surface area (Å²) in [7, 11) is 0. The molecule has 0 bridgehead atoms. The van der Waals surface area contributed by atoms with Gasteiger partial charge >= 0.3 is 5.97 Å². The van der Waals surface area contributed by atoms with Crippen LogP contribution in [0.15, 0.2) is 79.1 Å². The van der Waals surface area contributed by atoms with Gasteiger partial charge in [-0.05, 0) is 32.0 Å². The van der Waals surface area contributed by atoms with Crippen LogP contribution in [0.25, 0.3) is 28.1 Å². The number of nitrogens with one attached hydrogen (secondary N) is 1. The van der Waals surface area contributed by atoms with Gasteiger partial charge in [0.2, 0.25) is 0 Å². The number of esters is 1. The summed E-state index contributed by atoms with van der Waals surface area (Å²) in [5.74, 6) is 0.353. The monoisotopic (exact) mass is 450 g/mol. The molecule has 3 aromatic heterocycles. The van der Waals surface area contributed by atoms with E-state index >= 15 is 0 Å². The second-order valence-corrected chi connectivity index (χ2v) is 7.60. The number of benzene rings is 2. The predicted molar refractivity (Wildman–Crippen MR) is 130 cm³/mol. The van der Waals surface area contributed by atoms with Crippen molar-refractivity contribution in [3.63, 3.8) is 0 Å². The molecule has 8 heteroatoms. The van der Waals surface area contributed by atoms with E-state index in [9.17, 15) is 4.79 Å². The third-order valence-electron chi connectivity index (χ3n) is 5.29. The first kappa shape index (κ1) is 21.3. The molecule has 34 heavy (non-hydrogen) atoms. The first-order chi connectivity index (χ1) is 16.6. The highest BCUT2D eigenvalue weighted by Crippen LogP contribution is 2.27. The summed E-state index contributed by atoms with van der Waals surface area (Å²) < 4.78 is 7.02. The Kier molecular flexibility index (Phi) is 5.70.